The van der Waals surface area contributed by atoms with Crippen LogP contribution in [0.15, 0.2) is 0 Å². The standard InChI is InChI=1S/C14H25NO/c1-11(2)12-3-5-14(6-4-12)15-9-13(7-8-13)10-16-14/h11-12,15H,3-10H2,1-2H3. The summed E-state index contributed by atoms with van der Waals surface area (Å²) < 4.78 is 6.20. The van der Waals surface area contributed by atoms with Crippen LogP contribution in [0.25, 0.3) is 0 Å². The van der Waals surface area contributed by atoms with E-state index in [1.165, 1.54) is 45.1 Å². The maximum absolute atomic E-state index is 6.20. The molecule has 1 aliphatic heterocycles. The van der Waals surface area contributed by atoms with Gasteiger partial charge in [-0.1, -0.05) is 13.8 Å². The normalized spacial score (nSPS) is 41.8. The highest BCUT2D eigenvalue weighted by molar-refractivity contribution is 5.01. The molecule has 16 heavy (non-hydrogen) atoms. The summed E-state index contributed by atoms with van der Waals surface area (Å²) in [5.41, 5.74) is 0.624. The van der Waals surface area contributed by atoms with Crippen molar-refractivity contribution in [3.05, 3.63) is 0 Å². The summed E-state index contributed by atoms with van der Waals surface area (Å²) in [7, 11) is 0. The maximum Gasteiger partial charge on any atom is 0.119 e. The molecule has 0 aromatic carbocycles. The lowest BCUT2D eigenvalue weighted by atomic mass is 9.77. The molecule has 1 N–H and O–H groups in total. The Morgan fingerprint density at radius 2 is 1.81 bits per heavy atom. The van der Waals surface area contributed by atoms with Gasteiger partial charge in [0.05, 0.1) is 6.61 Å². The van der Waals surface area contributed by atoms with Gasteiger partial charge in [-0.05, 0) is 50.4 Å². The second kappa shape index (κ2) is 3.71. The number of hydrogen-bond donors (Lipinski definition) is 1. The third-order valence-electron chi connectivity index (χ3n) is 5.18. The van der Waals surface area contributed by atoms with Crippen LogP contribution in [-0.4, -0.2) is 18.9 Å². The summed E-state index contributed by atoms with van der Waals surface area (Å²) in [5, 5.41) is 3.72. The molecule has 2 nitrogen and oxygen atoms in total. The summed E-state index contributed by atoms with van der Waals surface area (Å²) in [4.78, 5) is 0. The first-order chi connectivity index (χ1) is 7.63. The van der Waals surface area contributed by atoms with Crippen molar-refractivity contribution in [3.63, 3.8) is 0 Å². The first-order valence-corrected chi connectivity index (χ1v) is 7.02. The highest BCUT2D eigenvalue weighted by Gasteiger charge is 2.50. The van der Waals surface area contributed by atoms with Gasteiger partial charge in [-0.3, -0.25) is 5.32 Å². The number of nitrogens with one attached hydrogen (secondary N) is 1. The smallest absolute Gasteiger partial charge is 0.119 e. The van der Waals surface area contributed by atoms with Gasteiger partial charge in [-0.25, -0.2) is 0 Å². The van der Waals surface area contributed by atoms with E-state index >= 15 is 0 Å². The second-order valence-electron chi connectivity index (χ2n) is 6.72. The molecule has 2 spiro atoms. The predicted octanol–water partition coefficient (Wildman–Crippen LogP) is 2.93. The van der Waals surface area contributed by atoms with Gasteiger partial charge in [-0.15, -0.1) is 0 Å². The SMILES string of the molecule is CC(C)C1CCC2(CC1)NCC1(CC1)CO2. The fourth-order valence-corrected chi connectivity index (χ4v) is 3.33. The monoisotopic (exact) mass is 223 g/mol. The van der Waals surface area contributed by atoms with Gasteiger partial charge in [0, 0.05) is 12.0 Å². The van der Waals surface area contributed by atoms with E-state index in [4.69, 9.17) is 4.74 Å². The molecule has 0 amide bonds. The summed E-state index contributed by atoms with van der Waals surface area (Å²) in [6, 6.07) is 0. The minimum absolute atomic E-state index is 0.0687. The number of ether oxygens (including phenoxy) is 1. The lowest BCUT2D eigenvalue weighted by Crippen LogP contribution is -2.57. The molecule has 0 bridgehead atoms. The molecule has 0 unspecified atom stereocenters. The predicted molar refractivity (Wildman–Crippen MR) is 65.1 cm³/mol. The lowest BCUT2D eigenvalue weighted by Gasteiger charge is -2.46. The van der Waals surface area contributed by atoms with Crippen LogP contribution in [0.5, 0.6) is 0 Å². The van der Waals surface area contributed by atoms with Gasteiger partial charge in [0.15, 0.2) is 0 Å². The third kappa shape index (κ3) is 1.91. The maximum atomic E-state index is 6.20. The zero-order valence-corrected chi connectivity index (χ0v) is 10.7. The molecule has 3 fully saturated rings. The van der Waals surface area contributed by atoms with E-state index in [0.717, 1.165) is 18.4 Å². The molecule has 2 saturated carbocycles. The third-order valence-corrected chi connectivity index (χ3v) is 5.18. The Balaban J connectivity index is 1.56. The summed E-state index contributed by atoms with van der Waals surface area (Å²) in [6.45, 7) is 6.94. The molecule has 0 atom stereocenters. The van der Waals surface area contributed by atoms with E-state index in [9.17, 15) is 0 Å². The van der Waals surface area contributed by atoms with Crippen LogP contribution in [0, 0.1) is 17.3 Å². The van der Waals surface area contributed by atoms with E-state index in [1.54, 1.807) is 0 Å². The van der Waals surface area contributed by atoms with Crippen molar-refractivity contribution in [2.75, 3.05) is 13.2 Å². The Morgan fingerprint density at radius 3 is 2.25 bits per heavy atom. The highest BCUT2D eigenvalue weighted by atomic mass is 16.5. The average Bonchev–Trinajstić information content (AvgIpc) is 3.05. The molecular formula is C14H25NO. The fourth-order valence-electron chi connectivity index (χ4n) is 3.33. The zero-order valence-electron chi connectivity index (χ0n) is 10.7. The van der Waals surface area contributed by atoms with E-state index < -0.39 is 0 Å². The molecular weight excluding hydrogens is 198 g/mol. The van der Waals surface area contributed by atoms with Gasteiger partial charge >= 0.3 is 0 Å². The second-order valence-corrected chi connectivity index (χ2v) is 6.72. The van der Waals surface area contributed by atoms with Crippen LogP contribution in [0.2, 0.25) is 0 Å². The first-order valence-electron chi connectivity index (χ1n) is 7.02. The van der Waals surface area contributed by atoms with Crippen molar-refractivity contribution in [1.29, 1.82) is 0 Å². The number of hydrogen-bond acceptors (Lipinski definition) is 2. The number of rotatable bonds is 1. The average molecular weight is 223 g/mol. The van der Waals surface area contributed by atoms with Crippen LogP contribution >= 0.6 is 0 Å². The van der Waals surface area contributed by atoms with Gasteiger partial charge < -0.3 is 4.74 Å². The van der Waals surface area contributed by atoms with Crippen molar-refractivity contribution in [2.24, 2.45) is 17.3 Å². The Bertz CT molecular complexity index is 250. The molecule has 2 aliphatic carbocycles. The zero-order chi connectivity index (χ0) is 11.2. The Hall–Kier alpha value is -0.0800. The summed E-state index contributed by atoms with van der Waals surface area (Å²) in [6.07, 6.45) is 7.91. The summed E-state index contributed by atoms with van der Waals surface area (Å²) in [5.74, 6) is 1.77. The molecule has 0 aromatic heterocycles. The van der Waals surface area contributed by atoms with Crippen molar-refractivity contribution in [1.82, 2.24) is 5.32 Å². The first kappa shape index (κ1) is 11.0. The van der Waals surface area contributed by atoms with Gasteiger partial charge in [0.1, 0.15) is 5.72 Å². The van der Waals surface area contributed by atoms with Gasteiger partial charge in [0.25, 0.3) is 0 Å². The lowest BCUT2D eigenvalue weighted by molar-refractivity contribution is -0.147. The Labute approximate surface area is 99.1 Å². The molecule has 0 radical (unpaired) electrons. The van der Waals surface area contributed by atoms with Crippen LogP contribution in [-0.2, 0) is 4.74 Å². The topological polar surface area (TPSA) is 21.3 Å². The minimum atomic E-state index is 0.0687. The molecule has 1 saturated heterocycles. The van der Waals surface area contributed by atoms with Gasteiger partial charge in [0.2, 0.25) is 0 Å². The molecule has 3 rings (SSSR count). The quantitative estimate of drug-likeness (QED) is 0.738. The molecule has 0 aromatic rings. The van der Waals surface area contributed by atoms with E-state index in [1.807, 2.05) is 0 Å². The Morgan fingerprint density at radius 1 is 1.12 bits per heavy atom. The van der Waals surface area contributed by atoms with E-state index in [0.29, 0.717) is 5.41 Å². The minimum Gasteiger partial charge on any atom is -0.360 e. The van der Waals surface area contributed by atoms with Crippen molar-refractivity contribution in [3.8, 4) is 0 Å². The van der Waals surface area contributed by atoms with Crippen LogP contribution in [0.4, 0.5) is 0 Å². The Kier molecular flexibility index (Phi) is 2.56. The van der Waals surface area contributed by atoms with E-state index in [-0.39, 0.29) is 5.72 Å². The fraction of sp³-hybridized carbons (Fsp3) is 1.00. The van der Waals surface area contributed by atoms with Crippen LogP contribution in [0.3, 0.4) is 0 Å². The van der Waals surface area contributed by atoms with Crippen LogP contribution < -0.4 is 5.32 Å². The molecule has 92 valence electrons. The highest BCUT2D eigenvalue weighted by Crippen LogP contribution is 2.50. The van der Waals surface area contributed by atoms with Crippen molar-refractivity contribution < 1.29 is 4.74 Å². The van der Waals surface area contributed by atoms with Gasteiger partial charge in [-0.2, -0.15) is 0 Å². The van der Waals surface area contributed by atoms with Crippen molar-refractivity contribution in [2.45, 2.75) is 58.1 Å². The molecule has 3 aliphatic rings. The molecule has 1 heterocycles. The van der Waals surface area contributed by atoms with Crippen LogP contribution in [0.1, 0.15) is 52.4 Å². The molecule has 2 heteroatoms. The largest absolute Gasteiger partial charge is 0.360 e. The van der Waals surface area contributed by atoms with E-state index in [2.05, 4.69) is 19.2 Å². The van der Waals surface area contributed by atoms with Crippen molar-refractivity contribution >= 4 is 0 Å². The summed E-state index contributed by atoms with van der Waals surface area (Å²) >= 11 is 0.